The van der Waals surface area contributed by atoms with Gasteiger partial charge in [-0.3, -0.25) is 0 Å². The first kappa shape index (κ1) is 11.4. The van der Waals surface area contributed by atoms with E-state index in [9.17, 15) is 13.2 Å². The Labute approximate surface area is 82.5 Å². The summed E-state index contributed by atoms with van der Waals surface area (Å²) in [5.74, 6) is -1.12. The van der Waals surface area contributed by atoms with Crippen molar-refractivity contribution in [3.63, 3.8) is 0 Å². The number of ether oxygens (including phenoxy) is 1. The van der Waals surface area contributed by atoms with Crippen molar-refractivity contribution in [3.05, 3.63) is 0 Å². The lowest BCUT2D eigenvalue weighted by Gasteiger charge is -2.18. The second kappa shape index (κ2) is 4.24. The van der Waals surface area contributed by atoms with E-state index in [-0.39, 0.29) is 13.2 Å². The summed E-state index contributed by atoms with van der Waals surface area (Å²) in [6.07, 6.45) is 0.542. The van der Waals surface area contributed by atoms with Gasteiger partial charge in [-0.2, -0.15) is 4.31 Å². The summed E-state index contributed by atoms with van der Waals surface area (Å²) in [6.45, 7) is 0.500. The summed E-state index contributed by atoms with van der Waals surface area (Å²) in [7, 11) is -3.33. The summed E-state index contributed by atoms with van der Waals surface area (Å²) in [5, 5.41) is 8.70. The molecule has 1 heterocycles. The van der Waals surface area contributed by atoms with Crippen molar-refractivity contribution in [1.29, 1.82) is 0 Å². The van der Waals surface area contributed by atoms with E-state index < -0.39 is 22.1 Å². The Morgan fingerprint density at radius 2 is 2.21 bits per heavy atom. The number of aliphatic carboxylic acids is 1. The second-order valence-electron chi connectivity index (χ2n) is 3.17. The van der Waals surface area contributed by atoms with Gasteiger partial charge >= 0.3 is 5.97 Å². The highest BCUT2D eigenvalue weighted by Crippen LogP contribution is 2.09. The highest BCUT2D eigenvalue weighted by atomic mass is 32.2. The van der Waals surface area contributed by atoms with Crippen LogP contribution in [0.1, 0.15) is 6.42 Å². The standard InChI is InChI=1S/C7H13NO5S/c1-14(11,12)8-3-2-4-13-6(5-8)7(9)10/h6H,2-5H2,1H3,(H,9,10). The number of hydrogen-bond donors (Lipinski definition) is 1. The third-order valence-electron chi connectivity index (χ3n) is 1.98. The normalized spacial score (nSPS) is 25.6. The first-order valence-electron chi connectivity index (χ1n) is 4.21. The molecular formula is C7H13NO5S. The quantitative estimate of drug-likeness (QED) is 0.657. The van der Waals surface area contributed by atoms with Crippen molar-refractivity contribution in [2.45, 2.75) is 12.5 Å². The third-order valence-corrected chi connectivity index (χ3v) is 3.25. The predicted molar refractivity (Wildman–Crippen MR) is 48.4 cm³/mol. The van der Waals surface area contributed by atoms with Gasteiger partial charge in [0.05, 0.1) is 12.8 Å². The van der Waals surface area contributed by atoms with E-state index in [1.54, 1.807) is 0 Å². The molecule has 0 radical (unpaired) electrons. The maximum absolute atomic E-state index is 11.2. The fraction of sp³-hybridized carbons (Fsp3) is 0.857. The van der Waals surface area contributed by atoms with E-state index in [4.69, 9.17) is 9.84 Å². The summed E-state index contributed by atoms with van der Waals surface area (Å²) in [4.78, 5) is 10.6. The monoisotopic (exact) mass is 223 g/mol. The van der Waals surface area contributed by atoms with E-state index in [1.807, 2.05) is 0 Å². The Balaban J connectivity index is 2.75. The molecule has 1 aliphatic rings. The third kappa shape index (κ3) is 2.93. The molecule has 0 aromatic carbocycles. The molecule has 0 amide bonds. The van der Waals surface area contributed by atoms with Crippen LogP contribution >= 0.6 is 0 Å². The summed E-state index contributed by atoms with van der Waals surface area (Å²) < 4.78 is 28.5. The number of carboxylic acids is 1. The van der Waals surface area contributed by atoms with E-state index in [0.717, 1.165) is 10.6 Å². The fourth-order valence-electron chi connectivity index (χ4n) is 1.25. The SMILES string of the molecule is CS(=O)(=O)N1CCCOC(C(=O)O)C1. The molecule has 0 spiro atoms. The molecule has 82 valence electrons. The highest BCUT2D eigenvalue weighted by Gasteiger charge is 2.28. The number of nitrogens with zero attached hydrogens (tertiary/aromatic N) is 1. The van der Waals surface area contributed by atoms with Crippen molar-refractivity contribution in [2.24, 2.45) is 0 Å². The molecule has 1 fully saturated rings. The summed E-state index contributed by atoms with van der Waals surface area (Å²) in [6, 6.07) is 0. The van der Waals surface area contributed by atoms with Crippen LogP contribution in [0.25, 0.3) is 0 Å². The van der Waals surface area contributed by atoms with Crippen LogP contribution < -0.4 is 0 Å². The molecule has 1 rings (SSSR count). The van der Waals surface area contributed by atoms with Gasteiger partial charge in [-0.1, -0.05) is 0 Å². The fourth-order valence-corrected chi connectivity index (χ4v) is 2.11. The molecule has 1 unspecified atom stereocenters. The van der Waals surface area contributed by atoms with E-state index in [0.29, 0.717) is 13.0 Å². The zero-order valence-corrected chi connectivity index (χ0v) is 8.66. The number of carbonyl (C=O) groups is 1. The second-order valence-corrected chi connectivity index (χ2v) is 5.15. The van der Waals surface area contributed by atoms with Crippen LogP contribution in [-0.4, -0.2) is 55.9 Å². The molecule has 1 aliphatic heterocycles. The smallest absolute Gasteiger partial charge is 0.334 e. The van der Waals surface area contributed by atoms with Gasteiger partial charge in [-0.15, -0.1) is 0 Å². The molecule has 0 aliphatic carbocycles. The van der Waals surface area contributed by atoms with Gasteiger partial charge in [-0.25, -0.2) is 13.2 Å². The largest absolute Gasteiger partial charge is 0.479 e. The molecule has 6 nitrogen and oxygen atoms in total. The Morgan fingerprint density at radius 3 is 2.71 bits per heavy atom. The molecule has 1 atom stereocenters. The van der Waals surface area contributed by atoms with E-state index in [1.165, 1.54) is 0 Å². The molecule has 1 N–H and O–H groups in total. The lowest BCUT2D eigenvalue weighted by atomic mass is 10.3. The van der Waals surface area contributed by atoms with Crippen LogP contribution in [0, 0.1) is 0 Å². The molecule has 0 aromatic rings. The van der Waals surface area contributed by atoms with Gasteiger partial charge in [0.2, 0.25) is 10.0 Å². The van der Waals surface area contributed by atoms with Crippen LogP contribution in [0.5, 0.6) is 0 Å². The first-order valence-corrected chi connectivity index (χ1v) is 6.05. The maximum Gasteiger partial charge on any atom is 0.334 e. The Kier molecular flexibility index (Phi) is 3.46. The highest BCUT2D eigenvalue weighted by molar-refractivity contribution is 7.88. The van der Waals surface area contributed by atoms with Gasteiger partial charge in [0.15, 0.2) is 6.10 Å². The molecule has 0 aromatic heterocycles. The summed E-state index contributed by atoms with van der Waals surface area (Å²) >= 11 is 0. The first-order chi connectivity index (χ1) is 6.41. The lowest BCUT2D eigenvalue weighted by molar-refractivity contribution is -0.149. The lowest BCUT2D eigenvalue weighted by Crippen LogP contribution is -2.39. The van der Waals surface area contributed by atoms with Crippen LogP contribution in [0.3, 0.4) is 0 Å². The molecule has 14 heavy (non-hydrogen) atoms. The number of carboxylic acid groups (broad SMARTS) is 1. The number of rotatable bonds is 2. The van der Waals surface area contributed by atoms with Crippen LogP contribution in [0.2, 0.25) is 0 Å². The van der Waals surface area contributed by atoms with Crippen molar-refractivity contribution in [3.8, 4) is 0 Å². The van der Waals surface area contributed by atoms with Crippen molar-refractivity contribution in [2.75, 3.05) is 26.0 Å². The average molecular weight is 223 g/mol. The van der Waals surface area contributed by atoms with Crippen molar-refractivity contribution < 1.29 is 23.1 Å². The summed E-state index contributed by atoms with van der Waals surface area (Å²) in [5.41, 5.74) is 0. The van der Waals surface area contributed by atoms with Gasteiger partial charge in [-0.05, 0) is 6.42 Å². The molecule has 0 bridgehead atoms. The van der Waals surface area contributed by atoms with Gasteiger partial charge < -0.3 is 9.84 Å². The minimum atomic E-state index is -3.33. The molecular weight excluding hydrogens is 210 g/mol. The maximum atomic E-state index is 11.2. The van der Waals surface area contributed by atoms with Gasteiger partial charge in [0, 0.05) is 13.2 Å². The average Bonchev–Trinajstić information content (AvgIpc) is 2.26. The topological polar surface area (TPSA) is 83.9 Å². The Hall–Kier alpha value is -0.660. The molecule has 7 heteroatoms. The minimum absolute atomic E-state index is 0.103. The van der Waals surface area contributed by atoms with E-state index in [2.05, 4.69) is 0 Å². The number of hydrogen-bond acceptors (Lipinski definition) is 4. The minimum Gasteiger partial charge on any atom is -0.479 e. The zero-order chi connectivity index (χ0) is 10.8. The Morgan fingerprint density at radius 1 is 1.57 bits per heavy atom. The van der Waals surface area contributed by atoms with Crippen LogP contribution in [-0.2, 0) is 19.6 Å². The zero-order valence-electron chi connectivity index (χ0n) is 7.84. The molecule has 0 saturated carbocycles. The molecule has 1 saturated heterocycles. The van der Waals surface area contributed by atoms with Crippen LogP contribution in [0.15, 0.2) is 0 Å². The predicted octanol–water partition coefficient (Wildman–Crippen LogP) is -0.878. The van der Waals surface area contributed by atoms with Gasteiger partial charge in [0.1, 0.15) is 0 Å². The van der Waals surface area contributed by atoms with Gasteiger partial charge in [0.25, 0.3) is 0 Å². The van der Waals surface area contributed by atoms with E-state index >= 15 is 0 Å². The van der Waals surface area contributed by atoms with Crippen molar-refractivity contribution in [1.82, 2.24) is 4.31 Å². The van der Waals surface area contributed by atoms with Crippen LogP contribution in [0.4, 0.5) is 0 Å². The Bertz CT molecular complexity index is 312. The number of sulfonamides is 1. The van der Waals surface area contributed by atoms with Crippen molar-refractivity contribution >= 4 is 16.0 Å².